The van der Waals surface area contributed by atoms with Crippen LogP contribution in [0, 0.1) is 17.6 Å². The van der Waals surface area contributed by atoms with Gasteiger partial charge in [-0.15, -0.1) is 0 Å². The summed E-state index contributed by atoms with van der Waals surface area (Å²) in [6, 6.07) is 3.45. The third-order valence-corrected chi connectivity index (χ3v) is 3.38. The molecule has 5 heteroatoms. The maximum absolute atomic E-state index is 13.4. The first-order valence-electron chi connectivity index (χ1n) is 6.45. The van der Waals surface area contributed by atoms with E-state index in [9.17, 15) is 13.6 Å². The molecule has 0 aliphatic heterocycles. The van der Waals surface area contributed by atoms with Crippen molar-refractivity contribution in [2.24, 2.45) is 5.92 Å². The number of carbonyl (C=O) groups is 1. The van der Waals surface area contributed by atoms with Crippen LogP contribution < -0.4 is 5.32 Å². The Morgan fingerprint density at radius 1 is 1.37 bits per heavy atom. The highest BCUT2D eigenvalue weighted by atomic mass is 19.1. The maximum atomic E-state index is 13.4. The number of aliphatic hydroxyl groups excluding tert-OH is 1. The zero-order valence-corrected chi connectivity index (χ0v) is 10.5. The van der Waals surface area contributed by atoms with Crippen LogP contribution in [0.25, 0.3) is 0 Å². The Hall–Kier alpha value is -1.49. The van der Waals surface area contributed by atoms with Crippen LogP contribution in [0.2, 0.25) is 0 Å². The number of halogens is 2. The fourth-order valence-electron chi connectivity index (χ4n) is 2.18. The van der Waals surface area contributed by atoms with Crippen molar-refractivity contribution in [2.75, 3.05) is 6.61 Å². The summed E-state index contributed by atoms with van der Waals surface area (Å²) in [5, 5.41) is 11.7. The molecule has 1 aromatic carbocycles. The van der Waals surface area contributed by atoms with E-state index in [1.807, 2.05) is 0 Å². The molecule has 0 heterocycles. The molecule has 1 amide bonds. The third-order valence-electron chi connectivity index (χ3n) is 3.38. The number of nitrogens with one attached hydrogen (secondary N) is 1. The zero-order valence-electron chi connectivity index (χ0n) is 10.5. The summed E-state index contributed by atoms with van der Waals surface area (Å²) in [5.74, 6) is -1.43. The smallest absolute Gasteiger partial charge is 0.224 e. The Morgan fingerprint density at radius 3 is 2.53 bits per heavy atom. The van der Waals surface area contributed by atoms with Crippen LogP contribution in [0.1, 0.15) is 24.8 Å². The first-order chi connectivity index (χ1) is 9.11. The first kappa shape index (κ1) is 13.9. The van der Waals surface area contributed by atoms with E-state index < -0.39 is 17.5 Å². The molecule has 2 rings (SSSR count). The molecule has 0 aromatic heterocycles. The van der Waals surface area contributed by atoms with Crippen LogP contribution in [0.5, 0.6) is 0 Å². The van der Waals surface area contributed by atoms with Gasteiger partial charge < -0.3 is 10.4 Å². The molecule has 1 unspecified atom stereocenters. The summed E-state index contributed by atoms with van der Waals surface area (Å²) in [6.07, 6.45) is 2.22. The second-order valence-corrected chi connectivity index (χ2v) is 4.90. The molecule has 1 saturated carbocycles. The van der Waals surface area contributed by atoms with E-state index in [4.69, 9.17) is 5.11 Å². The van der Waals surface area contributed by atoms with E-state index in [0.717, 1.165) is 25.0 Å². The van der Waals surface area contributed by atoms with E-state index in [2.05, 4.69) is 5.32 Å². The third kappa shape index (κ3) is 3.73. The maximum Gasteiger partial charge on any atom is 0.224 e. The number of amides is 1. The quantitative estimate of drug-likeness (QED) is 0.827. The van der Waals surface area contributed by atoms with Crippen LogP contribution in [0.4, 0.5) is 8.78 Å². The van der Waals surface area contributed by atoms with E-state index in [0.29, 0.717) is 12.3 Å². The van der Waals surface area contributed by atoms with Crippen molar-refractivity contribution in [2.45, 2.75) is 31.7 Å². The average Bonchev–Trinajstić information content (AvgIpc) is 3.18. The minimum atomic E-state index is -0.708. The zero-order chi connectivity index (χ0) is 13.8. The highest BCUT2D eigenvalue weighted by molar-refractivity contribution is 5.79. The monoisotopic (exact) mass is 269 g/mol. The lowest BCUT2D eigenvalue weighted by Crippen LogP contribution is -2.38. The van der Waals surface area contributed by atoms with Crippen molar-refractivity contribution in [1.82, 2.24) is 5.32 Å². The number of rotatable bonds is 6. The Kier molecular flexibility index (Phi) is 4.47. The largest absolute Gasteiger partial charge is 0.396 e. The van der Waals surface area contributed by atoms with Gasteiger partial charge in [-0.1, -0.05) is 6.07 Å². The van der Waals surface area contributed by atoms with Gasteiger partial charge in [0.1, 0.15) is 11.6 Å². The number of carbonyl (C=O) groups excluding carboxylic acids is 1. The first-order valence-corrected chi connectivity index (χ1v) is 6.45. The summed E-state index contributed by atoms with van der Waals surface area (Å²) in [5.41, 5.74) is -0.210. The predicted molar refractivity (Wildman–Crippen MR) is 66.4 cm³/mol. The molecule has 3 nitrogen and oxygen atoms in total. The van der Waals surface area contributed by atoms with Gasteiger partial charge in [-0.2, -0.15) is 0 Å². The SMILES string of the molecule is O=C(Cc1c(F)cccc1F)NC(CCO)C1CC1. The number of hydrogen-bond donors (Lipinski definition) is 2. The summed E-state index contributed by atoms with van der Waals surface area (Å²) in [7, 11) is 0. The molecule has 2 N–H and O–H groups in total. The lowest BCUT2D eigenvalue weighted by Gasteiger charge is -2.17. The second-order valence-electron chi connectivity index (χ2n) is 4.90. The molecule has 1 aromatic rings. The summed E-state index contributed by atoms with van der Waals surface area (Å²) < 4.78 is 26.8. The molecule has 0 radical (unpaired) electrons. The molecule has 104 valence electrons. The van der Waals surface area contributed by atoms with Crippen molar-refractivity contribution in [1.29, 1.82) is 0 Å². The standard InChI is InChI=1S/C14H17F2NO2/c15-11-2-1-3-12(16)10(11)8-14(19)17-13(6-7-18)9-4-5-9/h1-3,9,13,18H,4-8H2,(H,17,19). The highest BCUT2D eigenvalue weighted by Gasteiger charge is 2.31. The van der Waals surface area contributed by atoms with Gasteiger partial charge >= 0.3 is 0 Å². The molecule has 0 saturated heterocycles. The summed E-state index contributed by atoms with van der Waals surface area (Å²) in [4.78, 5) is 11.8. The lowest BCUT2D eigenvalue weighted by atomic mass is 10.1. The fourth-order valence-corrected chi connectivity index (χ4v) is 2.18. The molecule has 1 fully saturated rings. The van der Waals surface area contributed by atoms with Crippen molar-refractivity contribution in [3.05, 3.63) is 35.4 Å². The van der Waals surface area contributed by atoms with Crippen molar-refractivity contribution >= 4 is 5.91 Å². The van der Waals surface area contributed by atoms with Gasteiger partial charge in [0, 0.05) is 18.2 Å². The van der Waals surface area contributed by atoms with Gasteiger partial charge in [-0.05, 0) is 37.3 Å². The van der Waals surface area contributed by atoms with E-state index in [1.165, 1.54) is 6.07 Å². The van der Waals surface area contributed by atoms with Crippen molar-refractivity contribution in [3.63, 3.8) is 0 Å². The van der Waals surface area contributed by atoms with Gasteiger partial charge in [-0.25, -0.2) is 8.78 Å². The van der Waals surface area contributed by atoms with Crippen LogP contribution in [-0.2, 0) is 11.2 Å². The number of aliphatic hydroxyl groups is 1. The molecule has 19 heavy (non-hydrogen) atoms. The number of benzene rings is 1. The molecule has 1 aliphatic carbocycles. The van der Waals surface area contributed by atoms with Crippen LogP contribution in [0.3, 0.4) is 0 Å². The normalized spacial score (nSPS) is 16.2. The van der Waals surface area contributed by atoms with E-state index in [-0.39, 0.29) is 24.6 Å². The lowest BCUT2D eigenvalue weighted by molar-refractivity contribution is -0.121. The van der Waals surface area contributed by atoms with Crippen LogP contribution >= 0.6 is 0 Å². The van der Waals surface area contributed by atoms with Crippen molar-refractivity contribution < 1.29 is 18.7 Å². The molecular weight excluding hydrogens is 252 g/mol. The van der Waals surface area contributed by atoms with E-state index >= 15 is 0 Å². The predicted octanol–water partition coefficient (Wildman–Crippen LogP) is 1.78. The fraction of sp³-hybridized carbons (Fsp3) is 0.500. The van der Waals surface area contributed by atoms with Crippen LogP contribution in [0.15, 0.2) is 18.2 Å². The highest BCUT2D eigenvalue weighted by Crippen LogP contribution is 2.33. The number of hydrogen-bond acceptors (Lipinski definition) is 2. The summed E-state index contributed by atoms with van der Waals surface area (Å²) >= 11 is 0. The van der Waals surface area contributed by atoms with Gasteiger partial charge in [0.25, 0.3) is 0 Å². The molecular formula is C14H17F2NO2. The topological polar surface area (TPSA) is 49.3 Å². The van der Waals surface area contributed by atoms with Crippen LogP contribution in [-0.4, -0.2) is 23.7 Å². The Labute approximate surface area is 110 Å². The van der Waals surface area contributed by atoms with Gasteiger partial charge in [0.05, 0.1) is 6.42 Å². The molecule has 0 spiro atoms. The van der Waals surface area contributed by atoms with Gasteiger partial charge in [-0.3, -0.25) is 4.79 Å². The second kappa shape index (κ2) is 6.10. The van der Waals surface area contributed by atoms with Gasteiger partial charge in [0.2, 0.25) is 5.91 Å². The van der Waals surface area contributed by atoms with Crippen molar-refractivity contribution in [3.8, 4) is 0 Å². The van der Waals surface area contributed by atoms with Gasteiger partial charge in [0.15, 0.2) is 0 Å². The molecule has 1 aliphatic rings. The molecule has 0 bridgehead atoms. The Morgan fingerprint density at radius 2 is 2.00 bits per heavy atom. The Bertz CT molecular complexity index is 441. The Balaban J connectivity index is 1.96. The summed E-state index contributed by atoms with van der Waals surface area (Å²) in [6.45, 7) is -0.00446. The van der Waals surface area contributed by atoms with E-state index in [1.54, 1.807) is 0 Å². The molecule has 1 atom stereocenters. The average molecular weight is 269 g/mol. The minimum absolute atomic E-state index is 0.00446. The minimum Gasteiger partial charge on any atom is -0.396 e.